The molecule has 0 aliphatic carbocycles. The molecular weight excluding hydrogens is 326 g/mol. The lowest BCUT2D eigenvalue weighted by molar-refractivity contribution is 0.532. The van der Waals surface area contributed by atoms with E-state index in [4.69, 9.17) is 0 Å². The van der Waals surface area contributed by atoms with Gasteiger partial charge in [0.15, 0.2) is 5.16 Å². The van der Waals surface area contributed by atoms with Crippen molar-refractivity contribution in [2.75, 3.05) is 12.4 Å². The summed E-state index contributed by atoms with van der Waals surface area (Å²) < 4.78 is 25.3. The second kappa shape index (κ2) is 6.18. The van der Waals surface area contributed by atoms with Crippen LogP contribution in [0.5, 0.6) is 0 Å². The summed E-state index contributed by atoms with van der Waals surface area (Å²) in [5.41, 5.74) is 1.30. The number of H-pyrrole nitrogens is 1. The number of rotatable bonds is 4. The molecule has 0 aliphatic rings. The van der Waals surface area contributed by atoms with Crippen LogP contribution in [0.25, 0.3) is 21.3 Å². The monoisotopic (exact) mass is 338 g/mol. The number of benzene rings is 1. The minimum absolute atomic E-state index is 0.254. The van der Waals surface area contributed by atoms with Crippen LogP contribution in [0.15, 0.2) is 34.2 Å². The molecule has 0 fully saturated rings. The van der Waals surface area contributed by atoms with E-state index in [9.17, 15) is 13.6 Å². The van der Waals surface area contributed by atoms with Crippen molar-refractivity contribution in [1.29, 1.82) is 0 Å². The molecule has 1 aromatic carbocycles. The highest BCUT2D eigenvalue weighted by Crippen LogP contribution is 2.36. The first-order chi connectivity index (χ1) is 10.6. The van der Waals surface area contributed by atoms with Crippen molar-refractivity contribution in [2.24, 2.45) is 0 Å². The lowest BCUT2D eigenvalue weighted by Crippen LogP contribution is -2.09. The van der Waals surface area contributed by atoms with Crippen LogP contribution >= 0.6 is 23.1 Å². The lowest BCUT2D eigenvalue weighted by Gasteiger charge is -2.02. The molecular formula is C15H12F2N2OS2. The maximum atomic E-state index is 13.1. The first kappa shape index (κ1) is 15.2. The molecule has 0 saturated heterocycles. The molecule has 7 heteroatoms. The zero-order valence-corrected chi connectivity index (χ0v) is 13.3. The molecule has 0 unspecified atom stereocenters. The van der Waals surface area contributed by atoms with Gasteiger partial charge in [-0.15, -0.1) is 11.3 Å². The molecule has 0 spiro atoms. The van der Waals surface area contributed by atoms with Gasteiger partial charge in [0.05, 0.1) is 12.1 Å². The topological polar surface area (TPSA) is 45.8 Å². The highest BCUT2D eigenvalue weighted by atomic mass is 32.2. The van der Waals surface area contributed by atoms with Gasteiger partial charge in [-0.05, 0) is 24.6 Å². The summed E-state index contributed by atoms with van der Waals surface area (Å²) in [6.45, 7) is 1.43. The molecule has 0 atom stereocenters. The van der Waals surface area contributed by atoms with E-state index in [-0.39, 0.29) is 17.1 Å². The van der Waals surface area contributed by atoms with Crippen molar-refractivity contribution in [2.45, 2.75) is 12.1 Å². The van der Waals surface area contributed by atoms with Crippen molar-refractivity contribution >= 4 is 33.3 Å². The summed E-state index contributed by atoms with van der Waals surface area (Å²) in [7, 11) is 0. The van der Waals surface area contributed by atoms with E-state index < -0.39 is 6.67 Å². The smallest absolute Gasteiger partial charge is 0.260 e. The van der Waals surface area contributed by atoms with Crippen LogP contribution in [0.4, 0.5) is 8.78 Å². The van der Waals surface area contributed by atoms with Crippen molar-refractivity contribution in [1.82, 2.24) is 9.97 Å². The summed E-state index contributed by atoms with van der Waals surface area (Å²) in [6.07, 6.45) is 0. The zero-order chi connectivity index (χ0) is 15.7. The normalized spacial score (nSPS) is 11.2. The largest absolute Gasteiger partial charge is 0.301 e. The molecule has 0 saturated carbocycles. The van der Waals surface area contributed by atoms with Crippen LogP contribution in [-0.4, -0.2) is 22.4 Å². The number of fused-ring (bicyclic) bond motifs is 1. The van der Waals surface area contributed by atoms with E-state index in [0.29, 0.717) is 15.4 Å². The standard InChI is InChI=1S/C15H12F2N2OS2/c1-8-11(9-2-4-10(17)5-3-9)12-13(20)18-15(21-7-6-16)19-14(12)22-8/h2-5H,6-7H2,1H3,(H,18,19,20). The quantitative estimate of drug-likeness (QED) is 0.574. The highest BCUT2D eigenvalue weighted by molar-refractivity contribution is 7.99. The van der Waals surface area contributed by atoms with E-state index in [1.165, 1.54) is 35.2 Å². The molecule has 114 valence electrons. The second-order valence-electron chi connectivity index (χ2n) is 4.63. The van der Waals surface area contributed by atoms with Gasteiger partial charge in [0.1, 0.15) is 10.6 Å². The van der Waals surface area contributed by atoms with Gasteiger partial charge in [0.2, 0.25) is 0 Å². The van der Waals surface area contributed by atoms with Crippen molar-refractivity contribution in [3.63, 3.8) is 0 Å². The number of nitrogens with one attached hydrogen (secondary N) is 1. The number of aryl methyl sites for hydroxylation is 1. The fourth-order valence-electron chi connectivity index (χ4n) is 2.27. The number of alkyl halides is 1. The van der Waals surface area contributed by atoms with E-state index in [0.717, 1.165) is 16.0 Å². The number of nitrogens with zero attached hydrogens (tertiary/aromatic N) is 1. The van der Waals surface area contributed by atoms with Crippen LogP contribution in [0.3, 0.4) is 0 Å². The van der Waals surface area contributed by atoms with E-state index in [2.05, 4.69) is 9.97 Å². The molecule has 0 radical (unpaired) electrons. The van der Waals surface area contributed by atoms with Crippen LogP contribution in [0.1, 0.15) is 4.88 Å². The summed E-state index contributed by atoms with van der Waals surface area (Å²) >= 11 is 2.59. The van der Waals surface area contributed by atoms with Gasteiger partial charge in [0.25, 0.3) is 5.56 Å². The molecule has 3 nitrogen and oxygen atoms in total. The molecule has 3 rings (SSSR count). The number of aromatic nitrogens is 2. The minimum Gasteiger partial charge on any atom is -0.301 e. The van der Waals surface area contributed by atoms with Gasteiger partial charge in [-0.25, -0.2) is 9.37 Å². The predicted octanol–water partition coefficient (Wildman–Crippen LogP) is 4.16. The van der Waals surface area contributed by atoms with Crippen LogP contribution in [0, 0.1) is 12.7 Å². The highest BCUT2D eigenvalue weighted by Gasteiger charge is 2.16. The lowest BCUT2D eigenvalue weighted by atomic mass is 10.0. The molecule has 1 N–H and O–H groups in total. The Morgan fingerprint density at radius 2 is 2.05 bits per heavy atom. The predicted molar refractivity (Wildman–Crippen MR) is 87.1 cm³/mol. The molecule has 0 aliphatic heterocycles. The average Bonchev–Trinajstić information content (AvgIpc) is 2.82. The Hall–Kier alpha value is -1.73. The first-order valence-electron chi connectivity index (χ1n) is 6.58. The maximum Gasteiger partial charge on any atom is 0.260 e. The first-order valence-corrected chi connectivity index (χ1v) is 8.38. The molecule has 2 aromatic heterocycles. The molecule has 0 amide bonds. The van der Waals surface area contributed by atoms with Crippen molar-refractivity contribution < 1.29 is 8.78 Å². The Labute approximate surface area is 133 Å². The Balaban J connectivity index is 2.17. The Morgan fingerprint density at radius 3 is 2.73 bits per heavy atom. The molecule has 2 heterocycles. The van der Waals surface area contributed by atoms with Gasteiger partial charge < -0.3 is 4.98 Å². The summed E-state index contributed by atoms with van der Waals surface area (Å²) in [5, 5.41) is 0.917. The molecule has 22 heavy (non-hydrogen) atoms. The number of hydrogen-bond acceptors (Lipinski definition) is 4. The Morgan fingerprint density at radius 1 is 1.32 bits per heavy atom. The Kier molecular flexibility index (Phi) is 4.26. The van der Waals surface area contributed by atoms with Gasteiger partial charge in [0, 0.05) is 16.2 Å². The number of thioether (sulfide) groups is 1. The zero-order valence-electron chi connectivity index (χ0n) is 11.7. The van der Waals surface area contributed by atoms with Gasteiger partial charge in [-0.2, -0.15) is 0 Å². The second-order valence-corrected chi connectivity index (χ2v) is 6.92. The Bertz CT molecular complexity index is 872. The van der Waals surface area contributed by atoms with Gasteiger partial charge >= 0.3 is 0 Å². The fraction of sp³-hybridized carbons (Fsp3) is 0.200. The van der Waals surface area contributed by atoms with E-state index in [1.807, 2.05) is 6.92 Å². The summed E-state index contributed by atoms with van der Waals surface area (Å²) in [5.74, 6) is -0.0678. The third-order valence-electron chi connectivity index (χ3n) is 3.17. The SMILES string of the molecule is Cc1sc2nc(SCCF)[nH]c(=O)c2c1-c1ccc(F)cc1. The van der Waals surface area contributed by atoms with Crippen molar-refractivity contribution in [3.05, 3.63) is 45.3 Å². The fourth-order valence-corrected chi connectivity index (χ4v) is 3.96. The van der Waals surface area contributed by atoms with E-state index >= 15 is 0 Å². The van der Waals surface area contributed by atoms with Crippen LogP contribution in [-0.2, 0) is 0 Å². The van der Waals surface area contributed by atoms with Gasteiger partial charge in [-0.1, -0.05) is 23.9 Å². The van der Waals surface area contributed by atoms with Crippen LogP contribution in [0.2, 0.25) is 0 Å². The minimum atomic E-state index is -0.475. The summed E-state index contributed by atoms with van der Waals surface area (Å²) in [6, 6.07) is 6.03. The average molecular weight is 338 g/mol. The van der Waals surface area contributed by atoms with Crippen molar-refractivity contribution in [3.8, 4) is 11.1 Å². The third kappa shape index (κ3) is 2.78. The molecule has 0 bridgehead atoms. The van der Waals surface area contributed by atoms with Crippen LogP contribution < -0.4 is 5.56 Å². The maximum absolute atomic E-state index is 13.1. The number of halogens is 2. The third-order valence-corrected chi connectivity index (χ3v) is 4.99. The number of thiophene rings is 1. The number of aromatic amines is 1. The summed E-state index contributed by atoms with van der Waals surface area (Å²) in [4.78, 5) is 21.0. The molecule has 3 aromatic rings. The van der Waals surface area contributed by atoms with Gasteiger partial charge in [-0.3, -0.25) is 9.18 Å². The van der Waals surface area contributed by atoms with E-state index in [1.54, 1.807) is 12.1 Å². The number of hydrogen-bond donors (Lipinski definition) is 1.